The second-order valence-corrected chi connectivity index (χ2v) is 4.30. The average Bonchev–Trinajstić information content (AvgIpc) is 2.47. The predicted octanol–water partition coefficient (Wildman–Crippen LogP) is -0.452. The lowest BCUT2D eigenvalue weighted by molar-refractivity contribution is 0.0958. The molecule has 0 fully saturated rings. The van der Waals surface area contributed by atoms with Crippen molar-refractivity contribution in [3.8, 4) is 0 Å². The summed E-state index contributed by atoms with van der Waals surface area (Å²) in [5, 5.41) is 2.82. The van der Waals surface area contributed by atoms with Gasteiger partial charge in [0.2, 0.25) is 0 Å². The molecular weight excluding hydrogens is 260 g/mol. The second-order valence-electron chi connectivity index (χ2n) is 4.30. The first-order valence-corrected chi connectivity index (χ1v) is 5.92. The maximum absolute atomic E-state index is 12.1. The van der Waals surface area contributed by atoms with E-state index >= 15 is 0 Å². The highest BCUT2D eigenvalue weighted by Crippen LogP contribution is 2.07. The Balaban J connectivity index is 2.66. The molecule has 0 aromatic carbocycles. The van der Waals surface area contributed by atoms with E-state index in [1.807, 2.05) is 0 Å². The van der Waals surface area contributed by atoms with Crippen LogP contribution in [0.4, 0.5) is 0 Å². The highest BCUT2D eigenvalue weighted by atomic mass is 16.2. The van der Waals surface area contributed by atoms with E-state index < -0.39 is 11.2 Å². The quantitative estimate of drug-likeness (QED) is 0.768. The van der Waals surface area contributed by atoms with Crippen LogP contribution in [0.3, 0.4) is 0 Å². The summed E-state index contributed by atoms with van der Waals surface area (Å²) in [5.74, 6) is -0.352. The van der Waals surface area contributed by atoms with Crippen molar-refractivity contribution < 1.29 is 4.79 Å². The van der Waals surface area contributed by atoms with Crippen molar-refractivity contribution in [1.29, 1.82) is 0 Å². The van der Waals surface area contributed by atoms with Gasteiger partial charge in [-0.3, -0.25) is 18.7 Å². The van der Waals surface area contributed by atoms with Crippen LogP contribution < -0.4 is 16.6 Å². The van der Waals surface area contributed by atoms with Crippen LogP contribution >= 0.6 is 0 Å². The Labute approximate surface area is 114 Å². The fraction of sp³-hybridized carbons (Fsp3) is 0.231. The van der Waals surface area contributed by atoms with Crippen molar-refractivity contribution in [3.05, 3.63) is 51.3 Å². The maximum atomic E-state index is 12.1. The molecule has 2 heterocycles. The summed E-state index contributed by atoms with van der Waals surface area (Å²) in [6.07, 6.45) is 2.88. The fourth-order valence-corrected chi connectivity index (χ4v) is 1.86. The van der Waals surface area contributed by atoms with Gasteiger partial charge >= 0.3 is 5.69 Å². The zero-order valence-electron chi connectivity index (χ0n) is 11.2. The molecule has 0 aliphatic carbocycles. The Morgan fingerprint density at radius 2 is 2.10 bits per heavy atom. The molecule has 7 nitrogen and oxygen atoms in total. The molecule has 0 saturated carbocycles. The molecular formula is C13H14N4O3. The minimum atomic E-state index is -0.478. The van der Waals surface area contributed by atoms with Gasteiger partial charge in [-0.1, -0.05) is 6.08 Å². The molecule has 0 atom stereocenters. The third-order valence-corrected chi connectivity index (χ3v) is 2.96. The summed E-state index contributed by atoms with van der Waals surface area (Å²) in [7, 11) is 2.91. The molecule has 0 bridgehead atoms. The third kappa shape index (κ3) is 2.13. The zero-order valence-corrected chi connectivity index (χ0v) is 11.2. The van der Waals surface area contributed by atoms with Crippen molar-refractivity contribution in [2.24, 2.45) is 14.1 Å². The van der Waals surface area contributed by atoms with E-state index in [4.69, 9.17) is 0 Å². The van der Waals surface area contributed by atoms with Crippen molar-refractivity contribution in [1.82, 2.24) is 19.4 Å². The minimum Gasteiger partial charge on any atom is -0.349 e. The van der Waals surface area contributed by atoms with E-state index in [0.717, 1.165) is 4.57 Å². The van der Waals surface area contributed by atoms with Crippen LogP contribution in [-0.2, 0) is 14.1 Å². The largest absolute Gasteiger partial charge is 0.349 e. The molecule has 0 saturated heterocycles. The fourth-order valence-electron chi connectivity index (χ4n) is 1.86. The van der Waals surface area contributed by atoms with Gasteiger partial charge in [0.05, 0.1) is 10.9 Å². The summed E-state index contributed by atoms with van der Waals surface area (Å²) < 4.78 is 2.25. The first kappa shape index (κ1) is 13.7. The first-order valence-electron chi connectivity index (χ1n) is 5.92. The molecule has 1 amide bonds. The number of aryl methyl sites for hydroxylation is 1. The third-order valence-electron chi connectivity index (χ3n) is 2.96. The molecule has 2 rings (SSSR count). The topological polar surface area (TPSA) is 86.0 Å². The number of fused-ring (bicyclic) bond motifs is 1. The Morgan fingerprint density at radius 1 is 1.40 bits per heavy atom. The lowest BCUT2D eigenvalue weighted by Crippen LogP contribution is -2.37. The number of carbonyl (C=O) groups excluding carboxylic acids is 1. The first-order chi connectivity index (χ1) is 9.47. The molecule has 0 aliphatic heterocycles. The molecule has 1 N–H and O–H groups in total. The van der Waals surface area contributed by atoms with Crippen molar-refractivity contribution >= 4 is 16.9 Å². The van der Waals surface area contributed by atoms with Crippen LogP contribution in [0.5, 0.6) is 0 Å². The van der Waals surface area contributed by atoms with Crippen molar-refractivity contribution in [3.63, 3.8) is 0 Å². The number of hydrogen-bond donors (Lipinski definition) is 1. The van der Waals surface area contributed by atoms with Crippen LogP contribution in [0.1, 0.15) is 10.4 Å². The molecule has 0 unspecified atom stereocenters. The zero-order chi connectivity index (χ0) is 14.9. The highest BCUT2D eigenvalue weighted by molar-refractivity contribution is 5.96. The van der Waals surface area contributed by atoms with Gasteiger partial charge in [0.25, 0.3) is 11.5 Å². The number of hydrogen-bond acceptors (Lipinski definition) is 4. The Kier molecular flexibility index (Phi) is 3.51. The summed E-state index contributed by atoms with van der Waals surface area (Å²) in [5.41, 5.74) is -0.429. The predicted molar refractivity (Wildman–Crippen MR) is 74.8 cm³/mol. The van der Waals surface area contributed by atoms with E-state index in [9.17, 15) is 14.4 Å². The van der Waals surface area contributed by atoms with E-state index in [2.05, 4.69) is 16.9 Å². The van der Waals surface area contributed by atoms with Crippen LogP contribution in [0, 0.1) is 0 Å². The molecule has 20 heavy (non-hydrogen) atoms. The molecule has 104 valence electrons. The minimum absolute atomic E-state index is 0.223. The number of aromatic nitrogens is 3. The Hall–Kier alpha value is -2.70. The van der Waals surface area contributed by atoms with E-state index in [0.29, 0.717) is 6.54 Å². The highest BCUT2D eigenvalue weighted by Gasteiger charge is 2.12. The van der Waals surface area contributed by atoms with Gasteiger partial charge in [0, 0.05) is 26.8 Å². The monoisotopic (exact) mass is 274 g/mol. The number of amides is 1. The lowest BCUT2D eigenvalue weighted by Gasteiger charge is -2.08. The smallest absolute Gasteiger partial charge is 0.332 e. The standard InChI is InChI=1S/C13H14N4O3/c1-4-5-14-11(18)8-6-9-10(15-7-8)16(2)13(20)17(3)12(9)19/h4,6-7H,1,5H2,2-3H3,(H,14,18). The summed E-state index contributed by atoms with van der Waals surface area (Å²) in [6, 6.07) is 1.43. The van der Waals surface area contributed by atoms with Gasteiger partial charge in [-0.05, 0) is 6.07 Å². The number of carbonyl (C=O) groups is 1. The van der Waals surface area contributed by atoms with Crippen LogP contribution in [0.15, 0.2) is 34.5 Å². The van der Waals surface area contributed by atoms with Gasteiger partial charge in [0.15, 0.2) is 0 Å². The SMILES string of the molecule is C=CCNC(=O)c1cnc2c(c1)c(=O)n(C)c(=O)n2C. The van der Waals surface area contributed by atoms with Gasteiger partial charge in [-0.2, -0.15) is 0 Å². The van der Waals surface area contributed by atoms with Crippen LogP contribution in [0.25, 0.3) is 11.0 Å². The summed E-state index contributed by atoms with van der Waals surface area (Å²) in [6.45, 7) is 3.82. The molecule has 7 heteroatoms. The number of nitrogens with one attached hydrogen (secondary N) is 1. The van der Waals surface area contributed by atoms with Gasteiger partial charge in [-0.25, -0.2) is 9.78 Å². The number of nitrogens with zero attached hydrogens (tertiary/aromatic N) is 3. The van der Waals surface area contributed by atoms with Gasteiger partial charge < -0.3 is 5.32 Å². The summed E-state index contributed by atoms with van der Waals surface area (Å²) in [4.78, 5) is 39.7. The molecule has 2 aromatic heterocycles. The number of rotatable bonds is 3. The van der Waals surface area contributed by atoms with E-state index in [1.54, 1.807) is 6.08 Å². The Morgan fingerprint density at radius 3 is 2.75 bits per heavy atom. The molecule has 0 aliphatic rings. The lowest BCUT2D eigenvalue weighted by atomic mass is 10.2. The summed E-state index contributed by atoms with van der Waals surface area (Å²) >= 11 is 0. The van der Waals surface area contributed by atoms with Gasteiger partial charge in [0.1, 0.15) is 5.65 Å². The second kappa shape index (κ2) is 5.12. The van der Waals surface area contributed by atoms with E-state index in [1.165, 1.54) is 30.9 Å². The normalized spacial score (nSPS) is 10.5. The van der Waals surface area contributed by atoms with Crippen molar-refractivity contribution in [2.75, 3.05) is 6.54 Å². The average molecular weight is 274 g/mol. The van der Waals surface area contributed by atoms with Gasteiger partial charge in [-0.15, -0.1) is 6.58 Å². The van der Waals surface area contributed by atoms with Crippen LogP contribution in [0.2, 0.25) is 0 Å². The maximum Gasteiger partial charge on any atom is 0.332 e. The van der Waals surface area contributed by atoms with Crippen molar-refractivity contribution in [2.45, 2.75) is 0 Å². The molecule has 0 spiro atoms. The number of pyridine rings is 1. The molecule has 2 aromatic rings. The van der Waals surface area contributed by atoms with E-state index in [-0.39, 0.29) is 22.5 Å². The Bertz CT molecular complexity index is 817. The molecule has 0 radical (unpaired) electrons. The van der Waals surface area contributed by atoms with Crippen LogP contribution in [-0.4, -0.2) is 26.6 Å².